The molecule has 0 aromatic heterocycles. The fourth-order valence-electron chi connectivity index (χ4n) is 3.85. The van der Waals surface area contributed by atoms with E-state index in [4.69, 9.17) is 0 Å². The number of fused-ring (bicyclic) bond motifs is 1. The predicted octanol–water partition coefficient (Wildman–Crippen LogP) is 1.68. The van der Waals surface area contributed by atoms with E-state index in [9.17, 15) is 13.2 Å². The summed E-state index contributed by atoms with van der Waals surface area (Å²) < 4.78 is 27.3. The van der Waals surface area contributed by atoms with Gasteiger partial charge in [0.25, 0.3) is 5.91 Å². The fraction of sp³-hybridized carbons (Fsp3) is 0.350. The standard InChI is InChI=1S/C20H24N4O3S/c1-14-7-8-17(15(2)13-14)23-9-11-24(12-10-23)20(25)19-21-16-5-3-4-6-18(16)28(26,27)22-19/h3-8,13,19,21-22H,9-12H2,1-2H3/t19-/m1/s1. The zero-order valence-corrected chi connectivity index (χ0v) is 16.8. The van der Waals surface area contributed by atoms with Crippen molar-refractivity contribution in [3.63, 3.8) is 0 Å². The van der Waals surface area contributed by atoms with E-state index in [2.05, 4.69) is 47.0 Å². The lowest BCUT2D eigenvalue weighted by atomic mass is 10.1. The van der Waals surface area contributed by atoms with E-state index in [0.29, 0.717) is 31.9 Å². The highest BCUT2D eigenvalue weighted by Gasteiger charge is 2.36. The summed E-state index contributed by atoms with van der Waals surface area (Å²) in [4.78, 5) is 17.1. The SMILES string of the molecule is Cc1ccc(N2CCN(C(=O)[C@@H]3Nc4ccccc4S(=O)(=O)N3)CC2)c(C)c1. The zero-order valence-electron chi connectivity index (χ0n) is 16.0. The van der Waals surface area contributed by atoms with Gasteiger partial charge in [-0.3, -0.25) is 4.79 Å². The molecule has 0 unspecified atom stereocenters. The van der Waals surface area contributed by atoms with Crippen LogP contribution in [0, 0.1) is 13.8 Å². The maximum Gasteiger partial charge on any atom is 0.261 e. The Bertz CT molecular complexity index is 1010. The molecule has 1 saturated heterocycles. The van der Waals surface area contributed by atoms with Gasteiger partial charge >= 0.3 is 0 Å². The second-order valence-electron chi connectivity index (χ2n) is 7.30. The minimum Gasteiger partial charge on any atom is -0.368 e. The third kappa shape index (κ3) is 3.45. The number of hydrogen-bond donors (Lipinski definition) is 2. The number of sulfonamides is 1. The molecule has 2 aliphatic rings. The number of rotatable bonds is 2. The molecule has 2 aliphatic heterocycles. The maximum absolute atomic E-state index is 12.9. The number of carbonyl (C=O) groups is 1. The van der Waals surface area contributed by atoms with Gasteiger partial charge in [-0.05, 0) is 37.6 Å². The van der Waals surface area contributed by atoms with Gasteiger partial charge in [0.15, 0.2) is 6.17 Å². The molecule has 1 atom stereocenters. The smallest absolute Gasteiger partial charge is 0.261 e. The molecule has 0 spiro atoms. The normalized spacial score (nSPS) is 21.0. The van der Waals surface area contributed by atoms with Crippen molar-refractivity contribution >= 4 is 27.3 Å². The average Bonchev–Trinajstić information content (AvgIpc) is 2.67. The van der Waals surface area contributed by atoms with E-state index in [0.717, 1.165) is 0 Å². The molecule has 7 nitrogen and oxygen atoms in total. The van der Waals surface area contributed by atoms with Gasteiger partial charge < -0.3 is 15.1 Å². The lowest BCUT2D eigenvalue weighted by Crippen LogP contribution is -2.58. The Balaban J connectivity index is 1.45. The van der Waals surface area contributed by atoms with Gasteiger partial charge in [0.05, 0.1) is 5.69 Å². The summed E-state index contributed by atoms with van der Waals surface area (Å²) in [6, 6.07) is 13.0. The molecular weight excluding hydrogens is 376 g/mol. The lowest BCUT2D eigenvalue weighted by molar-refractivity contribution is -0.132. The molecule has 2 aromatic carbocycles. The average molecular weight is 401 g/mol. The number of nitrogens with zero attached hydrogens (tertiary/aromatic N) is 2. The number of aryl methyl sites for hydroxylation is 2. The minimum atomic E-state index is -3.71. The molecule has 1 fully saturated rings. The summed E-state index contributed by atoms with van der Waals surface area (Å²) in [6.07, 6.45) is -0.979. The third-order valence-electron chi connectivity index (χ3n) is 5.28. The summed E-state index contributed by atoms with van der Waals surface area (Å²) in [6.45, 7) is 6.70. The van der Waals surface area contributed by atoms with Crippen LogP contribution in [0.15, 0.2) is 47.4 Å². The Labute approximate surface area is 165 Å². The zero-order chi connectivity index (χ0) is 19.9. The van der Waals surface area contributed by atoms with Gasteiger partial charge in [-0.2, -0.15) is 4.72 Å². The topological polar surface area (TPSA) is 81.8 Å². The van der Waals surface area contributed by atoms with Crippen molar-refractivity contribution in [1.29, 1.82) is 0 Å². The Morgan fingerprint density at radius 2 is 1.75 bits per heavy atom. The van der Waals surface area contributed by atoms with Gasteiger partial charge in [0.2, 0.25) is 10.0 Å². The molecule has 2 N–H and O–H groups in total. The number of piperazine rings is 1. The van der Waals surface area contributed by atoms with Crippen LogP contribution >= 0.6 is 0 Å². The molecule has 0 bridgehead atoms. The predicted molar refractivity (Wildman–Crippen MR) is 109 cm³/mol. The van der Waals surface area contributed by atoms with E-state index in [-0.39, 0.29) is 10.8 Å². The van der Waals surface area contributed by atoms with Crippen LogP contribution in [-0.2, 0) is 14.8 Å². The van der Waals surface area contributed by atoms with Crippen LogP contribution in [0.2, 0.25) is 0 Å². The summed E-state index contributed by atoms with van der Waals surface area (Å²) in [5, 5.41) is 3.01. The third-order valence-corrected chi connectivity index (χ3v) is 6.76. The first-order valence-electron chi connectivity index (χ1n) is 9.34. The summed E-state index contributed by atoms with van der Waals surface area (Å²) in [7, 11) is -3.71. The van der Waals surface area contributed by atoms with Crippen LogP contribution in [-0.4, -0.2) is 51.6 Å². The van der Waals surface area contributed by atoms with Crippen molar-refractivity contribution in [3.8, 4) is 0 Å². The number of amides is 1. The molecule has 0 saturated carbocycles. The van der Waals surface area contributed by atoms with Crippen molar-refractivity contribution in [2.24, 2.45) is 0 Å². The van der Waals surface area contributed by atoms with Gasteiger partial charge in [-0.25, -0.2) is 8.42 Å². The largest absolute Gasteiger partial charge is 0.368 e. The summed E-state index contributed by atoms with van der Waals surface area (Å²) in [5.74, 6) is -0.252. The summed E-state index contributed by atoms with van der Waals surface area (Å²) in [5.41, 5.74) is 4.08. The van der Waals surface area contributed by atoms with Gasteiger partial charge in [0.1, 0.15) is 4.90 Å². The highest BCUT2D eigenvalue weighted by molar-refractivity contribution is 7.89. The van der Waals surface area contributed by atoms with Crippen molar-refractivity contribution in [2.75, 3.05) is 36.4 Å². The van der Waals surface area contributed by atoms with Crippen LogP contribution in [0.3, 0.4) is 0 Å². The Morgan fingerprint density at radius 3 is 2.46 bits per heavy atom. The molecule has 8 heteroatoms. The maximum atomic E-state index is 12.9. The molecule has 28 heavy (non-hydrogen) atoms. The highest BCUT2D eigenvalue weighted by Crippen LogP contribution is 2.26. The second-order valence-corrected chi connectivity index (χ2v) is 8.98. The van der Waals surface area contributed by atoms with Crippen LogP contribution in [0.1, 0.15) is 11.1 Å². The summed E-state index contributed by atoms with van der Waals surface area (Å²) >= 11 is 0. The lowest BCUT2D eigenvalue weighted by Gasteiger charge is -2.39. The van der Waals surface area contributed by atoms with E-state index in [1.54, 1.807) is 23.1 Å². The van der Waals surface area contributed by atoms with Crippen LogP contribution in [0.4, 0.5) is 11.4 Å². The Hall–Kier alpha value is -2.58. The second kappa shape index (κ2) is 7.10. The minimum absolute atomic E-state index is 0.165. The quantitative estimate of drug-likeness (QED) is 0.802. The van der Waals surface area contributed by atoms with E-state index in [1.807, 2.05) is 0 Å². The number of para-hydroxylation sites is 1. The molecule has 2 aromatic rings. The van der Waals surface area contributed by atoms with Gasteiger partial charge in [-0.1, -0.05) is 29.8 Å². The van der Waals surface area contributed by atoms with Crippen LogP contribution in [0.25, 0.3) is 0 Å². The molecular formula is C20H24N4O3S. The first-order chi connectivity index (χ1) is 13.3. The first-order valence-corrected chi connectivity index (χ1v) is 10.8. The molecule has 4 rings (SSSR count). The molecule has 2 heterocycles. The number of benzene rings is 2. The Morgan fingerprint density at radius 1 is 1.04 bits per heavy atom. The van der Waals surface area contributed by atoms with Crippen molar-refractivity contribution in [2.45, 2.75) is 24.9 Å². The molecule has 1 amide bonds. The van der Waals surface area contributed by atoms with Crippen LogP contribution in [0.5, 0.6) is 0 Å². The number of carbonyl (C=O) groups excluding carboxylic acids is 1. The highest BCUT2D eigenvalue weighted by atomic mass is 32.2. The molecule has 148 valence electrons. The van der Waals surface area contributed by atoms with E-state index >= 15 is 0 Å². The van der Waals surface area contributed by atoms with E-state index < -0.39 is 16.2 Å². The Kier molecular flexibility index (Phi) is 4.76. The molecule has 0 radical (unpaired) electrons. The fourth-order valence-corrected chi connectivity index (χ4v) is 5.12. The monoisotopic (exact) mass is 400 g/mol. The number of hydrogen-bond acceptors (Lipinski definition) is 5. The van der Waals surface area contributed by atoms with Crippen molar-refractivity contribution < 1.29 is 13.2 Å². The number of nitrogens with one attached hydrogen (secondary N) is 2. The van der Waals surface area contributed by atoms with Crippen molar-refractivity contribution in [1.82, 2.24) is 9.62 Å². The number of anilines is 2. The van der Waals surface area contributed by atoms with Crippen molar-refractivity contribution in [3.05, 3.63) is 53.6 Å². The first kappa shape index (κ1) is 18.8. The van der Waals surface area contributed by atoms with Gasteiger partial charge in [-0.15, -0.1) is 0 Å². The molecule has 0 aliphatic carbocycles. The van der Waals surface area contributed by atoms with Gasteiger partial charge in [0, 0.05) is 31.9 Å². The van der Waals surface area contributed by atoms with E-state index in [1.165, 1.54) is 22.9 Å². The van der Waals surface area contributed by atoms with Crippen LogP contribution < -0.4 is 14.9 Å².